The fraction of sp³-hybridized carbons (Fsp3) is 0.611. The van der Waals surface area contributed by atoms with E-state index in [0.29, 0.717) is 13.0 Å². The van der Waals surface area contributed by atoms with E-state index >= 15 is 0 Å². The SMILES string of the molecule is CCOC(=O)CC(CC(C)(C)C)NCc1ccc(OC)cc1. The van der Waals surface area contributed by atoms with Gasteiger partial charge in [-0.3, -0.25) is 4.79 Å². The predicted octanol–water partition coefficient (Wildman–Crippen LogP) is 3.54. The van der Waals surface area contributed by atoms with Crippen LogP contribution in [0.1, 0.15) is 46.1 Å². The third-order valence-corrected chi connectivity index (χ3v) is 3.33. The van der Waals surface area contributed by atoms with Gasteiger partial charge < -0.3 is 14.8 Å². The number of carbonyl (C=O) groups is 1. The van der Waals surface area contributed by atoms with Gasteiger partial charge in [0.05, 0.1) is 20.1 Å². The van der Waals surface area contributed by atoms with Crippen molar-refractivity contribution in [3.8, 4) is 5.75 Å². The molecule has 4 nitrogen and oxygen atoms in total. The highest BCUT2D eigenvalue weighted by Gasteiger charge is 2.21. The molecule has 22 heavy (non-hydrogen) atoms. The topological polar surface area (TPSA) is 47.6 Å². The summed E-state index contributed by atoms with van der Waals surface area (Å²) >= 11 is 0. The molecule has 0 aliphatic rings. The van der Waals surface area contributed by atoms with Crippen LogP contribution >= 0.6 is 0 Å². The summed E-state index contributed by atoms with van der Waals surface area (Å²) in [5, 5.41) is 3.48. The van der Waals surface area contributed by atoms with E-state index in [1.54, 1.807) is 7.11 Å². The van der Waals surface area contributed by atoms with Crippen LogP contribution in [0.2, 0.25) is 0 Å². The molecule has 0 fully saturated rings. The molecule has 0 spiro atoms. The lowest BCUT2D eigenvalue weighted by Crippen LogP contribution is -2.35. The highest BCUT2D eigenvalue weighted by Crippen LogP contribution is 2.23. The van der Waals surface area contributed by atoms with Gasteiger partial charge in [0.15, 0.2) is 0 Å². The van der Waals surface area contributed by atoms with E-state index in [4.69, 9.17) is 9.47 Å². The molecule has 0 amide bonds. The summed E-state index contributed by atoms with van der Waals surface area (Å²) in [6.07, 6.45) is 1.32. The first-order valence-electron chi connectivity index (χ1n) is 7.86. The molecule has 0 aliphatic carbocycles. The van der Waals surface area contributed by atoms with Crippen molar-refractivity contribution >= 4 is 5.97 Å². The van der Waals surface area contributed by atoms with Crippen molar-refractivity contribution in [1.82, 2.24) is 5.32 Å². The number of methoxy groups -OCH3 is 1. The lowest BCUT2D eigenvalue weighted by molar-refractivity contribution is -0.143. The summed E-state index contributed by atoms with van der Waals surface area (Å²) in [7, 11) is 1.66. The third-order valence-electron chi connectivity index (χ3n) is 3.33. The molecule has 0 saturated carbocycles. The van der Waals surface area contributed by atoms with Crippen LogP contribution in [0.4, 0.5) is 0 Å². The Bertz CT molecular complexity index is 448. The van der Waals surface area contributed by atoms with Gasteiger partial charge in [0, 0.05) is 12.6 Å². The van der Waals surface area contributed by atoms with E-state index in [9.17, 15) is 4.79 Å². The zero-order valence-electron chi connectivity index (χ0n) is 14.4. The second kappa shape index (κ2) is 8.79. The van der Waals surface area contributed by atoms with E-state index in [-0.39, 0.29) is 17.4 Å². The minimum atomic E-state index is -0.140. The predicted molar refractivity (Wildman–Crippen MR) is 88.9 cm³/mol. The van der Waals surface area contributed by atoms with Crippen LogP contribution in [-0.4, -0.2) is 25.7 Å². The van der Waals surface area contributed by atoms with Crippen molar-refractivity contribution in [1.29, 1.82) is 0 Å². The van der Waals surface area contributed by atoms with Crippen molar-refractivity contribution < 1.29 is 14.3 Å². The molecule has 4 heteroatoms. The summed E-state index contributed by atoms with van der Waals surface area (Å²) in [5.41, 5.74) is 1.33. The smallest absolute Gasteiger partial charge is 0.307 e. The van der Waals surface area contributed by atoms with Crippen molar-refractivity contribution in [3.05, 3.63) is 29.8 Å². The van der Waals surface area contributed by atoms with Crippen molar-refractivity contribution in [3.63, 3.8) is 0 Å². The first kappa shape index (κ1) is 18.5. The van der Waals surface area contributed by atoms with Crippen molar-refractivity contribution in [2.45, 2.75) is 53.1 Å². The number of hydrogen-bond acceptors (Lipinski definition) is 4. The fourth-order valence-electron chi connectivity index (χ4n) is 2.38. The molecule has 0 aromatic heterocycles. The van der Waals surface area contributed by atoms with Crippen LogP contribution in [0.25, 0.3) is 0 Å². The maximum absolute atomic E-state index is 11.8. The monoisotopic (exact) mass is 307 g/mol. The Balaban J connectivity index is 2.60. The Morgan fingerprint density at radius 2 is 1.86 bits per heavy atom. The molecule has 1 atom stereocenters. The molecule has 1 rings (SSSR count). The van der Waals surface area contributed by atoms with Crippen molar-refractivity contribution in [2.75, 3.05) is 13.7 Å². The second-order valence-corrected chi connectivity index (χ2v) is 6.70. The van der Waals surface area contributed by atoms with Gasteiger partial charge in [-0.15, -0.1) is 0 Å². The van der Waals surface area contributed by atoms with Gasteiger partial charge in [-0.1, -0.05) is 32.9 Å². The molecule has 124 valence electrons. The minimum Gasteiger partial charge on any atom is -0.497 e. The summed E-state index contributed by atoms with van der Waals surface area (Å²) in [6.45, 7) is 9.53. The zero-order valence-corrected chi connectivity index (χ0v) is 14.4. The van der Waals surface area contributed by atoms with E-state index in [2.05, 4.69) is 26.1 Å². The Morgan fingerprint density at radius 1 is 1.23 bits per heavy atom. The number of benzene rings is 1. The first-order valence-corrected chi connectivity index (χ1v) is 7.86. The highest BCUT2D eigenvalue weighted by atomic mass is 16.5. The molecule has 0 saturated heterocycles. The molecule has 1 N–H and O–H groups in total. The van der Waals surface area contributed by atoms with Gasteiger partial charge in [0.1, 0.15) is 5.75 Å². The number of rotatable bonds is 8. The lowest BCUT2D eigenvalue weighted by atomic mass is 9.87. The molecule has 0 bridgehead atoms. The molecule has 1 aromatic rings. The van der Waals surface area contributed by atoms with Gasteiger partial charge in [-0.05, 0) is 36.5 Å². The average molecular weight is 307 g/mol. The molecule has 1 unspecified atom stereocenters. The van der Waals surface area contributed by atoms with Gasteiger partial charge in [0.2, 0.25) is 0 Å². The maximum atomic E-state index is 11.8. The zero-order chi connectivity index (χ0) is 16.6. The minimum absolute atomic E-state index is 0.112. The van der Waals surface area contributed by atoms with Crippen molar-refractivity contribution in [2.24, 2.45) is 5.41 Å². The van der Waals surface area contributed by atoms with Crippen LogP contribution in [0.15, 0.2) is 24.3 Å². The summed E-state index contributed by atoms with van der Waals surface area (Å²) < 4.78 is 10.2. The Hall–Kier alpha value is -1.55. The number of carbonyl (C=O) groups excluding carboxylic acids is 1. The number of esters is 1. The van der Waals surface area contributed by atoms with Gasteiger partial charge in [0.25, 0.3) is 0 Å². The quantitative estimate of drug-likeness (QED) is 0.746. The Morgan fingerprint density at radius 3 is 2.36 bits per heavy atom. The van der Waals surface area contributed by atoms with E-state index in [1.807, 2.05) is 31.2 Å². The van der Waals surface area contributed by atoms with Gasteiger partial charge in [-0.25, -0.2) is 0 Å². The third kappa shape index (κ3) is 7.46. The van der Waals surface area contributed by atoms with Crippen LogP contribution in [-0.2, 0) is 16.1 Å². The Labute approximate surface area is 134 Å². The molecule has 0 heterocycles. The molecular weight excluding hydrogens is 278 g/mol. The number of nitrogens with one attached hydrogen (secondary N) is 1. The van der Waals surface area contributed by atoms with Crippen LogP contribution in [0, 0.1) is 5.41 Å². The van der Waals surface area contributed by atoms with Gasteiger partial charge in [-0.2, -0.15) is 0 Å². The second-order valence-electron chi connectivity index (χ2n) is 6.70. The summed E-state index contributed by atoms with van der Waals surface area (Å²) in [6, 6.07) is 8.07. The van der Waals surface area contributed by atoms with Crippen LogP contribution < -0.4 is 10.1 Å². The Kier molecular flexibility index (Phi) is 7.39. The number of hydrogen-bond donors (Lipinski definition) is 1. The van der Waals surface area contributed by atoms with E-state index in [1.165, 1.54) is 5.56 Å². The van der Waals surface area contributed by atoms with Crippen LogP contribution in [0.3, 0.4) is 0 Å². The normalized spacial score (nSPS) is 12.8. The van der Waals surface area contributed by atoms with Gasteiger partial charge >= 0.3 is 5.97 Å². The molecule has 0 radical (unpaired) electrons. The fourth-order valence-corrected chi connectivity index (χ4v) is 2.38. The van der Waals surface area contributed by atoms with E-state index < -0.39 is 0 Å². The lowest BCUT2D eigenvalue weighted by Gasteiger charge is -2.26. The van der Waals surface area contributed by atoms with E-state index in [0.717, 1.165) is 18.7 Å². The van der Waals surface area contributed by atoms with Crippen LogP contribution in [0.5, 0.6) is 5.75 Å². The highest BCUT2D eigenvalue weighted by molar-refractivity contribution is 5.70. The summed E-state index contributed by atoms with van der Waals surface area (Å²) in [5.74, 6) is 0.709. The molecule has 0 aliphatic heterocycles. The number of ether oxygens (including phenoxy) is 2. The molecule has 1 aromatic carbocycles. The standard InChI is InChI=1S/C18H29NO3/c1-6-22-17(20)11-15(12-18(2,3)4)19-13-14-7-9-16(21-5)10-8-14/h7-10,15,19H,6,11-13H2,1-5H3. The average Bonchev–Trinajstić information content (AvgIpc) is 2.44. The maximum Gasteiger partial charge on any atom is 0.307 e. The molecular formula is C18H29NO3. The largest absolute Gasteiger partial charge is 0.497 e. The first-order chi connectivity index (χ1) is 10.3. The summed E-state index contributed by atoms with van der Waals surface area (Å²) in [4.78, 5) is 11.8.